The van der Waals surface area contributed by atoms with Crippen LogP contribution < -0.4 is 16.0 Å². The van der Waals surface area contributed by atoms with Crippen molar-refractivity contribution >= 4 is 11.6 Å². The minimum absolute atomic E-state index is 0.0745. The molecule has 3 nitrogen and oxygen atoms in total. The third-order valence-electron chi connectivity index (χ3n) is 3.88. The van der Waals surface area contributed by atoms with E-state index in [-0.39, 0.29) is 6.04 Å². The number of benzene rings is 1. The summed E-state index contributed by atoms with van der Waals surface area (Å²) in [6, 6.07) is 5.75. The van der Waals surface area contributed by atoms with Gasteiger partial charge in [0.15, 0.2) is 0 Å². The molecule has 0 bridgehead atoms. The molecule has 0 radical (unpaired) electrons. The van der Waals surface area contributed by atoms with Crippen LogP contribution in [0.2, 0.25) is 5.02 Å². The van der Waals surface area contributed by atoms with Gasteiger partial charge in [0.2, 0.25) is 0 Å². The van der Waals surface area contributed by atoms with Crippen LogP contribution >= 0.6 is 11.6 Å². The first-order valence-electron chi connectivity index (χ1n) is 7.45. The molecule has 1 aromatic rings. The summed E-state index contributed by atoms with van der Waals surface area (Å²) >= 11 is 6.10. The number of hydrogen-bond donors (Lipinski definition) is 2. The van der Waals surface area contributed by atoms with Gasteiger partial charge in [-0.1, -0.05) is 51.1 Å². The average molecular weight is 299 g/mol. The molecule has 0 aliphatic rings. The molecule has 2 unspecified atom stereocenters. The number of unbranched alkanes of at least 4 members (excludes halogenated alkanes) is 1. The van der Waals surface area contributed by atoms with Crippen LogP contribution in [-0.4, -0.2) is 7.11 Å². The summed E-state index contributed by atoms with van der Waals surface area (Å²) in [5.74, 6) is 7.26. The molecular weight excluding hydrogens is 272 g/mol. The van der Waals surface area contributed by atoms with Crippen molar-refractivity contribution in [2.75, 3.05) is 7.11 Å². The molecule has 0 heterocycles. The van der Waals surface area contributed by atoms with Crippen molar-refractivity contribution in [1.82, 2.24) is 5.43 Å². The van der Waals surface area contributed by atoms with Crippen molar-refractivity contribution in [3.05, 3.63) is 28.8 Å². The Morgan fingerprint density at radius 1 is 1.35 bits per heavy atom. The average Bonchev–Trinajstić information content (AvgIpc) is 2.47. The van der Waals surface area contributed by atoms with Gasteiger partial charge in [-0.2, -0.15) is 0 Å². The molecule has 1 rings (SSSR count). The van der Waals surface area contributed by atoms with E-state index in [9.17, 15) is 0 Å². The first-order valence-corrected chi connectivity index (χ1v) is 7.83. The summed E-state index contributed by atoms with van der Waals surface area (Å²) in [6.45, 7) is 4.47. The topological polar surface area (TPSA) is 47.3 Å². The minimum Gasteiger partial charge on any atom is -0.496 e. The lowest BCUT2D eigenvalue weighted by Gasteiger charge is -2.24. The number of ether oxygens (including phenoxy) is 1. The van der Waals surface area contributed by atoms with Gasteiger partial charge >= 0.3 is 0 Å². The molecule has 2 atom stereocenters. The Kier molecular flexibility index (Phi) is 7.97. The molecule has 3 N–H and O–H groups in total. The highest BCUT2D eigenvalue weighted by molar-refractivity contribution is 6.30. The Hall–Kier alpha value is -0.770. The normalized spacial score (nSPS) is 14.1. The highest BCUT2D eigenvalue weighted by Crippen LogP contribution is 2.33. The fourth-order valence-electron chi connectivity index (χ4n) is 2.58. The molecule has 0 amide bonds. The van der Waals surface area contributed by atoms with Crippen LogP contribution in [0.5, 0.6) is 5.75 Å². The van der Waals surface area contributed by atoms with Crippen LogP contribution in [0.3, 0.4) is 0 Å². The van der Waals surface area contributed by atoms with E-state index in [4.69, 9.17) is 22.2 Å². The fourth-order valence-corrected chi connectivity index (χ4v) is 2.76. The molecule has 0 saturated heterocycles. The molecular formula is C16H27ClN2O. The lowest BCUT2D eigenvalue weighted by atomic mass is 9.89. The molecule has 4 heteroatoms. The van der Waals surface area contributed by atoms with Gasteiger partial charge in [-0.3, -0.25) is 11.3 Å². The molecule has 20 heavy (non-hydrogen) atoms. The lowest BCUT2D eigenvalue weighted by Crippen LogP contribution is -2.30. The maximum Gasteiger partial charge on any atom is 0.123 e. The van der Waals surface area contributed by atoms with Gasteiger partial charge in [-0.15, -0.1) is 0 Å². The van der Waals surface area contributed by atoms with Gasteiger partial charge in [0.25, 0.3) is 0 Å². The predicted octanol–water partition coefficient (Wildman–Crippen LogP) is 4.46. The van der Waals surface area contributed by atoms with E-state index in [2.05, 4.69) is 19.3 Å². The quantitative estimate of drug-likeness (QED) is 0.523. The zero-order valence-electron chi connectivity index (χ0n) is 12.8. The lowest BCUT2D eigenvalue weighted by molar-refractivity contribution is 0.343. The number of methoxy groups -OCH3 is 1. The van der Waals surface area contributed by atoms with Crippen molar-refractivity contribution in [3.8, 4) is 5.75 Å². The molecule has 114 valence electrons. The Labute approximate surface area is 127 Å². The van der Waals surface area contributed by atoms with E-state index in [0.717, 1.165) is 17.7 Å². The first kappa shape index (κ1) is 17.3. The molecule has 0 aliphatic heterocycles. The largest absolute Gasteiger partial charge is 0.496 e. The monoisotopic (exact) mass is 298 g/mol. The number of hydrazine groups is 1. The molecule has 1 aromatic carbocycles. The smallest absolute Gasteiger partial charge is 0.123 e. The third-order valence-corrected chi connectivity index (χ3v) is 4.12. The first-order chi connectivity index (χ1) is 9.65. The second kappa shape index (κ2) is 9.22. The predicted molar refractivity (Wildman–Crippen MR) is 86.0 cm³/mol. The molecule has 0 fully saturated rings. The summed E-state index contributed by atoms with van der Waals surface area (Å²) in [4.78, 5) is 0. The van der Waals surface area contributed by atoms with Crippen molar-refractivity contribution in [3.63, 3.8) is 0 Å². The van der Waals surface area contributed by atoms with Crippen molar-refractivity contribution in [2.24, 2.45) is 11.8 Å². The van der Waals surface area contributed by atoms with Gasteiger partial charge in [-0.05, 0) is 30.5 Å². The van der Waals surface area contributed by atoms with Gasteiger partial charge in [0, 0.05) is 16.6 Å². The molecule has 0 aromatic heterocycles. The number of nitrogens with two attached hydrogens (primary N) is 1. The zero-order chi connectivity index (χ0) is 15.0. The number of nitrogens with one attached hydrogen (secondary N) is 1. The van der Waals surface area contributed by atoms with Crippen LogP contribution in [0.25, 0.3) is 0 Å². The highest BCUT2D eigenvalue weighted by Gasteiger charge is 2.19. The van der Waals surface area contributed by atoms with Crippen LogP contribution in [0.4, 0.5) is 0 Å². The summed E-state index contributed by atoms with van der Waals surface area (Å²) < 4.78 is 5.43. The zero-order valence-corrected chi connectivity index (χ0v) is 13.5. The SMILES string of the molecule is CCCCC(CC)CC(NN)c1cc(Cl)ccc1OC. The summed E-state index contributed by atoms with van der Waals surface area (Å²) in [7, 11) is 1.68. The number of halogens is 1. The van der Waals surface area contributed by atoms with Crippen LogP contribution in [-0.2, 0) is 0 Å². The van der Waals surface area contributed by atoms with E-state index >= 15 is 0 Å². The molecule has 0 spiro atoms. The maximum absolute atomic E-state index is 6.10. The van der Waals surface area contributed by atoms with Crippen LogP contribution in [0.1, 0.15) is 57.6 Å². The van der Waals surface area contributed by atoms with E-state index in [1.807, 2.05) is 18.2 Å². The van der Waals surface area contributed by atoms with Crippen molar-refractivity contribution in [1.29, 1.82) is 0 Å². The Morgan fingerprint density at radius 3 is 2.65 bits per heavy atom. The van der Waals surface area contributed by atoms with Crippen molar-refractivity contribution < 1.29 is 4.74 Å². The van der Waals surface area contributed by atoms with E-state index in [1.165, 1.54) is 25.7 Å². The fraction of sp³-hybridized carbons (Fsp3) is 0.625. The van der Waals surface area contributed by atoms with Gasteiger partial charge in [0.05, 0.1) is 7.11 Å². The van der Waals surface area contributed by atoms with E-state index < -0.39 is 0 Å². The highest BCUT2D eigenvalue weighted by atomic mass is 35.5. The molecule has 0 saturated carbocycles. The number of hydrogen-bond acceptors (Lipinski definition) is 3. The Morgan fingerprint density at radius 2 is 2.10 bits per heavy atom. The molecule has 0 aliphatic carbocycles. The third kappa shape index (κ3) is 4.97. The van der Waals surface area contributed by atoms with Crippen LogP contribution in [0, 0.1) is 5.92 Å². The summed E-state index contributed by atoms with van der Waals surface area (Å²) in [6.07, 6.45) is 5.92. The van der Waals surface area contributed by atoms with Gasteiger partial charge < -0.3 is 4.74 Å². The van der Waals surface area contributed by atoms with E-state index in [0.29, 0.717) is 10.9 Å². The Bertz CT molecular complexity index is 398. The van der Waals surface area contributed by atoms with E-state index in [1.54, 1.807) is 7.11 Å². The van der Waals surface area contributed by atoms with Gasteiger partial charge in [0.1, 0.15) is 5.75 Å². The summed E-state index contributed by atoms with van der Waals surface area (Å²) in [5.41, 5.74) is 3.96. The van der Waals surface area contributed by atoms with Crippen LogP contribution in [0.15, 0.2) is 18.2 Å². The standard InChI is InChI=1S/C16H27ClN2O/c1-4-6-7-12(5-2)10-15(19-18)14-11-13(17)8-9-16(14)20-3/h8-9,11-12,15,19H,4-7,10,18H2,1-3H3. The minimum atomic E-state index is 0.0745. The number of rotatable bonds is 9. The Balaban J connectivity index is 2.86. The second-order valence-corrected chi connectivity index (χ2v) is 5.69. The maximum atomic E-state index is 6.10. The van der Waals surface area contributed by atoms with Crippen molar-refractivity contribution in [2.45, 2.75) is 52.0 Å². The van der Waals surface area contributed by atoms with Gasteiger partial charge in [-0.25, -0.2) is 0 Å². The summed E-state index contributed by atoms with van der Waals surface area (Å²) in [5, 5.41) is 0.711. The second-order valence-electron chi connectivity index (χ2n) is 5.26.